The number of carbonyl (C=O) groups excluding carboxylic acids is 1. The van der Waals surface area contributed by atoms with Gasteiger partial charge in [-0.25, -0.2) is 4.79 Å². The second-order valence-electron chi connectivity index (χ2n) is 5.86. The van der Waals surface area contributed by atoms with E-state index >= 15 is 0 Å². The molecule has 1 amide bonds. The predicted molar refractivity (Wildman–Crippen MR) is 85.8 cm³/mol. The lowest BCUT2D eigenvalue weighted by Crippen LogP contribution is -2.14. The third-order valence-corrected chi connectivity index (χ3v) is 4.36. The molecule has 0 bridgehead atoms. The summed E-state index contributed by atoms with van der Waals surface area (Å²) in [5, 5.41) is 16.1. The van der Waals surface area contributed by atoms with Gasteiger partial charge in [0.25, 0.3) is 5.91 Å². The van der Waals surface area contributed by atoms with Gasteiger partial charge in [-0.3, -0.25) is 9.48 Å². The third kappa shape index (κ3) is 3.11. The minimum Gasteiger partial charge on any atom is -0.478 e. The number of carbonyl (C=O) groups is 2. The maximum absolute atomic E-state index is 12.3. The van der Waals surface area contributed by atoms with Gasteiger partial charge in [0.2, 0.25) is 0 Å². The van der Waals surface area contributed by atoms with E-state index in [9.17, 15) is 9.59 Å². The number of amides is 1. The van der Waals surface area contributed by atoms with Crippen molar-refractivity contribution in [2.45, 2.75) is 38.6 Å². The predicted octanol–water partition coefficient (Wildman–Crippen LogP) is 3.26. The highest BCUT2D eigenvalue weighted by atomic mass is 16.4. The van der Waals surface area contributed by atoms with Crippen LogP contribution >= 0.6 is 0 Å². The molecule has 0 saturated heterocycles. The van der Waals surface area contributed by atoms with E-state index in [1.807, 2.05) is 11.6 Å². The Labute approximate surface area is 134 Å². The van der Waals surface area contributed by atoms with Gasteiger partial charge in [-0.15, -0.1) is 0 Å². The van der Waals surface area contributed by atoms with Crippen LogP contribution in [0.4, 0.5) is 5.69 Å². The number of carboxylic acids is 1. The topological polar surface area (TPSA) is 84.2 Å². The lowest BCUT2D eigenvalue weighted by molar-refractivity contribution is 0.0696. The van der Waals surface area contributed by atoms with Crippen molar-refractivity contribution in [2.24, 2.45) is 0 Å². The molecule has 0 radical (unpaired) electrons. The minimum atomic E-state index is -1.01. The fraction of sp³-hybridized carbons (Fsp3) is 0.353. The molecule has 1 heterocycles. The summed E-state index contributed by atoms with van der Waals surface area (Å²) in [6, 6.07) is 6.29. The molecular weight excluding hydrogens is 294 g/mol. The van der Waals surface area contributed by atoms with Crippen LogP contribution in [-0.2, 0) is 0 Å². The third-order valence-electron chi connectivity index (χ3n) is 4.36. The fourth-order valence-electron chi connectivity index (χ4n) is 3.02. The summed E-state index contributed by atoms with van der Waals surface area (Å²) in [6.45, 7) is 1.95. The zero-order chi connectivity index (χ0) is 16.4. The maximum atomic E-state index is 12.3. The first-order valence-corrected chi connectivity index (χ1v) is 7.75. The summed E-state index contributed by atoms with van der Waals surface area (Å²) in [6.07, 6.45) is 6.39. The molecule has 3 rings (SSSR count). The van der Waals surface area contributed by atoms with Crippen molar-refractivity contribution in [3.63, 3.8) is 0 Å². The first-order valence-electron chi connectivity index (χ1n) is 7.75. The molecule has 120 valence electrons. The van der Waals surface area contributed by atoms with E-state index in [-0.39, 0.29) is 11.5 Å². The van der Waals surface area contributed by atoms with Crippen molar-refractivity contribution >= 4 is 17.6 Å². The molecule has 2 N–H and O–H groups in total. The number of benzene rings is 1. The Morgan fingerprint density at radius 1 is 1.17 bits per heavy atom. The highest BCUT2D eigenvalue weighted by Gasteiger charge is 2.21. The fourth-order valence-corrected chi connectivity index (χ4v) is 3.02. The normalized spacial score (nSPS) is 14.8. The molecule has 0 unspecified atom stereocenters. The van der Waals surface area contributed by atoms with Crippen LogP contribution in [0, 0.1) is 6.92 Å². The van der Waals surface area contributed by atoms with Gasteiger partial charge in [-0.1, -0.05) is 12.8 Å². The molecule has 1 saturated carbocycles. The summed E-state index contributed by atoms with van der Waals surface area (Å²) in [5.74, 6) is -1.28. The van der Waals surface area contributed by atoms with E-state index in [4.69, 9.17) is 5.11 Å². The molecule has 1 fully saturated rings. The Morgan fingerprint density at radius 3 is 2.39 bits per heavy atom. The molecule has 0 spiro atoms. The quantitative estimate of drug-likeness (QED) is 0.907. The Morgan fingerprint density at radius 2 is 1.78 bits per heavy atom. The van der Waals surface area contributed by atoms with Crippen molar-refractivity contribution in [3.8, 4) is 0 Å². The standard InChI is InChI=1S/C17H19N3O3/c1-11-15(10-18-20(11)14-4-2-3-5-14)19-16(21)12-6-8-13(9-7-12)17(22)23/h6-10,14H,2-5H2,1H3,(H,19,21)(H,22,23). The van der Waals surface area contributed by atoms with Crippen LogP contribution in [0.15, 0.2) is 30.5 Å². The Hall–Kier alpha value is -2.63. The molecule has 1 aromatic carbocycles. The van der Waals surface area contributed by atoms with Gasteiger partial charge < -0.3 is 10.4 Å². The molecule has 2 aromatic rings. The number of aromatic nitrogens is 2. The molecule has 1 aliphatic carbocycles. The van der Waals surface area contributed by atoms with Gasteiger partial charge in [-0.2, -0.15) is 5.10 Å². The van der Waals surface area contributed by atoms with Crippen LogP contribution in [0.25, 0.3) is 0 Å². The SMILES string of the molecule is Cc1c(NC(=O)c2ccc(C(=O)O)cc2)cnn1C1CCCC1. The van der Waals surface area contributed by atoms with Crippen LogP contribution in [0.5, 0.6) is 0 Å². The monoisotopic (exact) mass is 313 g/mol. The Bertz CT molecular complexity index is 728. The van der Waals surface area contributed by atoms with Gasteiger partial charge in [0.1, 0.15) is 0 Å². The molecule has 23 heavy (non-hydrogen) atoms. The largest absolute Gasteiger partial charge is 0.478 e. The zero-order valence-corrected chi connectivity index (χ0v) is 13.0. The van der Waals surface area contributed by atoms with E-state index in [0.717, 1.165) is 18.5 Å². The summed E-state index contributed by atoms with van der Waals surface area (Å²) >= 11 is 0. The van der Waals surface area contributed by atoms with E-state index < -0.39 is 5.97 Å². The molecule has 6 heteroatoms. The van der Waals surface area contributed by atoms with E-state index in [0.29, 0.717) is 17.3 Å². The number of hydrogen-bond donors (Lipinski definition) is 2. The van der Waals surface area contributed by atoms with Crippen molar-refractivity contribution in [1.29, 1.82) is 0 Å². The number of hydrogen-bond acceptors (Lipinski definition) is 3. The molecule has 0 atom stereocenters. The first-order chi connectivity index (χ1) is 11.1. The number of rotatable bonds is 4. The van der Waals surface area contributed by atoms with E-state index in [1.54, 1.807) is 6.20 Å². The summed E-state index contributed by atoms with van der Waals surface area (Å²) in [4.78, 5) is 23.1. The molecule has 1 aromatic heterocycles. The first kappa shape index (κ1) is 15.3. The van der Waals surface area contributed by atoms with Crippen molar-refractivity contribution in [3.05, 3.63) is 47.3 Å². The van der Waals surface area contributed by atoms with Gasteiger partial charge in [0.15, 0.2) is 0 Å². The van der Waals surface area contributed by atoms with Crippen molar-refractivity contribution < 1.29 is 14.7 Å². The molecule has 1 aliphatic rings. The van der Waals surface area contributed by atoms with Crippen LogP contribution in [0.1, 0.15) is 58.1 Å². The summed E-state index contributed by atoms with van der Waals surface area (Å²) in [7, 11) is 0. The number of anilines is 1. The average Bonchev–Trinajstić information content (AvgIpc) is 3.18. The smallest absolute Gasteiger partial charge is 0.335 e. The molecule has 0 aliphatic heterocycles. The van der Waals surface area contributed by atoms with E-state index in [1.165, 1.54) is 37.1 Å². The number of nitrogens with zero attached hydrogens (tertiary/aromatic N) is 2. The van der Waals surface area contributed by atoms with Crippen molar-refractivity contribution in [1.82, 2.24) is 9.78 Å². The van der Waals surface area contributed by atoms with Crippen LogP contribution in [0.2, 0.25) is 0 Å². The van der Waals surface area contributed by atoms with Crippen LogP contribution in [-0.4, -0.2) is 26.8 Å². The lowest BCUT2D eigenvalue weighted by atomic mass is 10.1. The van der Waals surface area contributed by atoms with Crippen LogP contribution in [0.3, 0.4) is 0 Å². The van der Waals surface area contributed by atoms with E-state index in [2.05, 4.69) is 10.4 Å². The van der Waals surface area contributed by atoms with Crippen LogP contribution < -0.4 is 5.32 Å². The average molecular weight is 313 g/mol. The number of aromatic carboxylic acids is 1. The zero-order valence-electron chi connectivity index (χ0n) is 13.0. The van der Waals surface area contributed by atoms with Gasteiger partial charge in [-0.05, 0) is 44.0 Å². The Balaban J connectivity index is 1.73. The second-order valence-corrected chi connectivity index (χ2v) is 5.86. The Kier molecular flexibility index (Phi) is 4.14. The molecular formula is C17H19N3O3. The van der Waals surface area contributed by atoms with Gasteiger partial charge in [0.05, 0.1) is 29.2 Å². The number of carboxylic acid groups (broad SMARTS) is 1. The van der Waals surface area contributed by atoms with Gasteiger partial charge >= 0.3 is 5.97 Å². The highest BCUT2D eigenvalue weighted by molar-refractivity contribution is 6.05. The van der Waals surface area contributed by atoms with Crippen molar-refractivity contribution in [2.75, 3.05) is 5.32 Å². The highest BCUT2D eigenvalue weighted by Crippen LogP contribution is 2.31. The molecule has 6 nitrogen and oxygen atoms in total. The van der Waals surface area contributed by atoms with Gasteiger partial charge in [0, 0.05) is 5.56 Å². The minimum absolute atomic E-state index is 0.159. The lowest BCUT2D eigenvalue weighted by Gasteiger charge is -2.12. The summed E-state index contributed by atoms with van der Waals surface area (Å²) in [5.41, 5.74) is 2.23. The maximum Gasteiger partial charge on any atom is 0.335 e. The summed E-state index contributed by atoms with van der Waals surface area (Å²) < 4.78 is 2.00. The second kappa shape index (κ2) is 6.24. The number of nitrogens with one attached hydrogen (secondary N) is 1.